The van der Waals surface area contributed by atoms with Crippen LogP contribution in [0.25, 0.3) is 0 Å². The van der Waals surface area contributed by atoms with Crippen LogP contribution in [-0.4, -0.2) is 4.92 Å². The van der Waals surface area contributed by atoms with Crippen LogP contribution in [0.5, 0.6) is 0 Å². The molecule has 1 unspecified atom stereocenters. The summed E-state index contributed by atoms with van der Waals surface area (Å²) in [6, 6.07) is 13.8. The lowest BCUT2D eigenvalue weighted by molar-refractivity contribution is -0.385. The predicted molar refractivity (Wildman–Crippen MR) is 84.3 cm³/mol. The average molecular weight is 284 g/mol. The van der Waals surface area contributed by atoms with Crippen molar-refractivity contribution in [2.75, 3.05) is 0 Å². The van der Waals surface area contributed by atoms with Crippen molar-refractivity contribution >= 4 is 5.69 Å². The Morgan fingerprint density at radius 1 is 1.14 bits per heavy atom. The lowest BCUT2D eigenvalue weighted by atomic mass is 10.0. The first kappa shape index (κ1) is 15.2. The molecule has 1 N–H and O–H groups in total. The zero-order valence-corrected chi connectivity index (χ0v) is 12.6. The van der Waals surface area contributed by atoms with E-state index in [1.54, 1.807) is 19.1 Å². The smallest absolute Gasteiger partial charge is 0.272 e. The lowest BCUT2D eigenvalue weighted by Gasteiger charge is -2.15. The molecule has 4 nitrogen and oxygen atoms in total. The Morgan fingerprint density at radius 2 is 1.81 bits per heavy atom. The number of nitrogens with one attached hydrogen (secondary N) is 1. The highest BCUT2D eigenvalue weighted by Crippen LogP contribution is 2.23. The quantitative estimate of drug-likeness (QED) is 0.665. The van der Waals surface area contributed by atoms with E-state index in [-0.39, 0.29) is 16.7 Å². The van der Waals surface area contributed by atoms with E-state index in [4.69, 9.17) is 0 Å². The number of hydrogen-bond donors (Lipinski definition) is 1. The highest BCUT2D eigenvalue weighted by Gasteiger charge is 2.14. The Labute approximate surface area is 125 Å². The Morgan fingerprint density at radius 3 is 2.43 bits per heavy atom. The Balaban J connectivity index is 2.06. The molecule has 4 heteroatoms. The molecule has 0 saturated carbocycles. The van der Waals surface area contributed by atoms with Gasteiger partial charge in [0, 0.05) is 24.2 Å². The summed E-state index contributed by atoms with van der Waals surface area (Å²) < 4.78 is 0. The van der Waals surface area contributed by atoms with Crippen LogP contribution in [0.4, 0.5) is 5.69 Å². The van der Waals surface area contributed by atoms with E-state index in [1.165, 1.54) is 11.1 Å². The first-order chi connectivity index (χ1) is 9.97. The van der Waals surface area contributed by atoms with Crippen LogP contribution in [0.1, 0.15) is 35.2 Å². The van der Waals surface area contributed by atoms with Gasteiger partial charge >= 0.3 is 0 Å². The van der Waals surface area contributed by atoms with Crippen molar-refractivity contribution in [1.82, 2.24) is 5.32 Å². The van der Waals surface area contributed by atoms with E-state index in [0.717, 1.165) is 12.1 Å². The third-order valence-electron chi connectivity index (χ3n) is 3.66. The fraction of sp³-hybridized carbons (Fsp3) is 0.294. The molecule has 1 atom stereocenters. The lowest BCUT2D eigenvalue weighted by Crippen LogP contribution is -2.18. The normalized spacial score (nSPS) is 12.1. The Kier molecular flexibility index (Phi) is 4.70. The Hall–Kier alpha value is -2.20. The maximum absolute atomic E-state index is 11.0. The first-order valence-corrected chi connectivity index (χ1v) is 7.01. The number of nitrogens with zero attached hydrogens (tertiary/aromatic N) is 1. The summed E-state index contributed by atoms with van der Waals surface area (Å²) in [5.74, 6) is 0. The van der Waals surface area contributed by atoms with E-state index in [9.17, 15) is 10.1 Å². The second-order valence-electron chi connectivity index (χ2n) is 5.39. The molecule has 2 aromatic rings. The number of benzene rings is 2. The van der Waals surface area contributed by atoms with E-state index in [1.807, 2.05) is 13.0 Å². The van der Waals surface area contributed by atoms with Gasteiger partial charge in [0.15, 0.2) is 0 Å². The molecule has 0 spiro atoms. The van der Waals surface area contributed by atoms with Crippen molar-refractivity contribution in [1.29, 1.82) is 0 Å². The molecule has 0 aliphatic heterocycles. The topological polar surface area (TPSA) is 55.2 Å². The standard InChI is InChI=1S/C17H20N2O2/c1-12-4-7-15(8-5-12)11-18-14(3)16-9-6-13(2)17(10-16)19(20)21/h4-10,14,18H,11H2,1-3H3. The maximum Gasteiger partial charge on any atom is 0.272 e. The van der Waals surface area contributed by atoms with Crippen LogP contribution in [0.15, 0.2) is 42.5 Å². The van der Waals surface area contributed by atoms with Crippen molar-refractivity contribution in [3.8, 4) is 0 Å². The van der Waals surface area contributed by atoms with Crippen molar-refractivity contribution < 1.29 is 4.92 Å². The van der Waals surface area contributed by atoms with E-state index < -0.39 is 0 Å². The van der Waals surface area contributed by atoms with Gasteiger partial charge in [-0.15, -0.1) is 0 Å². The molecule has 2 aromatic carbocycles. The summed E-state index contributed by atoms with van der Waals surface area (Å²) in [5.41, 5.74) is 4.24. The number of nitro benzene ring substituents is 1. The van der Waals surface area contributed by atoms with Crippen molar-refractivity contribution in [3.05, 3.63) is 74.8 Å². The zero-order valence-electron chi connectivity index (χ0n) is 12.6. The molecule has 0 heterocycles. The zero-order chi connectivity index (χ0) is 15.4. The molecule has 110 valence electrons. The monoisotopic (exact) mass is 284 g/mol. The van der Waals surface area contributed by atoms with Gasteiger partial charge in [-0.3, -0.25) is 10.1 Å². The van der Waals surface area contributed by atoms with Crippen LogP contribution in [-0.2, 0) is 6.54 Å². The summed E-state index contributed by atoms with van der Waals surface area (Å²) in [4.78, 5) is 10.7. The van der Waals surface area contributed by atoms with E-state index >= 15 is 0 Å². The minimum absolute atomic E-state index is 0.0607. The molecule has 2 rings (SSSR count). The number of nitro groups is 1. The number of aryl methyl sites for hydroxylation is 2. The van der Waals surface area contributed by atoms with Gasteiger partial charge in [-0.2, -0.15) is 0 Å². The van der Waals surface area contributed by atoms with Crippen LogP contribution in [0.3, 0.4) is 0 Å². The molecule has 0 bridgehead atoms. The molecule has 0 aliphatic carbocycles. The molecule has 0 fully saturated rings. The van der Waals surface area contributed by atoms with E-state index in [0.29, 0.717) is 5.56 Å². The second-order valence-corrected chi connectivity index (χ2v) is 5.39. The minimum Gasteiger partial charge on any atom is -0.306 e. The van der Waals surface area contributed by atoms with Gasteiger partial charge in [0.2, 0.25) is 0 Å². The van der Waals surface area contributed by atoms with Gasteiger partial charge in [0.1, 0.15) is 0 Å². The summed E-state index contributed by atoms with van der Waals surface area (Å²) in [6.45, 7) is 6.57. The molecule has 0 amide bonds. The molecule has 0 aliphatic rings. The Bertz CT molecular complexity index is 636. The molecular formula is C17H20N2O2. The fourth-order valence-corrected chi connectivity index (χ4v) is 2.19. The average Bonchev–Trinajstić information content (AvgIpc) is 2.46. The number of rotatable bonds is 5. The van der Waals surface area contributed by atoms with Crippen LogP contribution >= 0.6 is 0 Å². The van der Waals surface area contributed by atoms with Gasteiger partial charge in [0.25, 0.3) is 5.69 Å². The summed E-state index contributed by atoms with van der Waals surface area (Å²) in [7, 11) is 0. The highest BCUT2D eigenvalue weighted by atomic mass is 16.6. The highest BCUT2D eigenvalue weighted by molar-refractivity contribution is 5.43. The third-order valence-corrected chi connectivity index (χ3v) is 3.66. The van der Waals surface area contributed by atoms with Crippen molar-refractivity contribution in [2.45, 2.75) is 33.4 Å². The van der Waals surface area contributed by atoms with Gasteiger partial charge in [-0.05, 0) is 31.9 Å². The molecule has 0 saturated heterocycles. The predicted octanol–water partition coefficient (Wildman–Crippen LogP) is 4.06. The van der Waals surface area contributed by atoms with Crippen LogP contribution in [0, 0.1) is 24.0 Å². The molecule has 0 radical (unpaired) electrons. The second kappa shape index (κ2) is 6.50. The summed E-state index contributed by atoms with van der Waals surface area (Å²) in [5, 5.41) is 14.4. The van der Waals surface area contributed by atoms with Crippen molar-refractivity contribution in [3.63, 3.8) is 0 Å². The van der Waals surface area contributed by atoms with Crippen molar-refractivity contribution in [2.24, 2.45) is 0 Å². The van der Waals surface area contributed by atoms with Gasteiger partial charge < -0.3 is 5.32 Å². The van der Waals surface area contributed by atoms with Crippen LogP contribution in [0.2, 0.25) is 0 Å². The molecular weight excluding hydrogens is 264 g/mol. The fourth-order valence-electron chi connectivity index (χ4n) is 2.19. The number of hydrogen-bond acceptors (Lipinski definition) is 3. The summed E-state index contributed by atoms with van der Waals surface area (Å²) >= 11 is 0. The third kappa shape index (κ3) is 3.89. The molecule has 21 heavy (non-hydrogen) atoms. The van der Waals surface area contributed by atoms with E-state index in [2.05, 4.69) is 36.5 Å². The maximum atomic E-state index is 11.0. The SMILES string of the molecule is Cc1ccc(CNC(C)c2ccc(C)c([N+](=O)[O-])c2)cc1. The largest absolute Gasteiger partial charge is 0.306 e. The summed E-state index contributed by atoms with van der Waals surface area (Å²) in [6.07, 6.45) is 0. The van der Waals surface area contributed by atoms with Gasteiger partial charge in [-0.25, -0.2) is 0 Å². The first-order valence-electron chi connectivity index (χ1n) is 7.01. The minimum atomic E-state index is -0.328. The molecule has 0 aromatic heterocycles. The van der Waals surface area contributed by atoms with Gasteiger partial charge in [-0.1, -0.05) is 42.0 Å². The van der Waals surface area contributed by atoms with Gasteiger partial charge in [0.05, 0.1) is 4.92 Å². The van der Waals surface area contributed by atoms with Crippen LogP contribution < -0.4 is 5.32 Å².